The van der Waals surface area contributed by atoms with Crippen LogP contribution in [0.15, 0.2) is 42.5 Å². The average Bonchev–Trinajstić information content (AvgIpc) is 3.62. The molecule has 5 rings (SSSR count). The van der Waals surface area contributed by atoms with Crippen molar-refractivity contribution in [3.63, 3.8) is 0 Å². The van der Waals surface area contributed by atoms with Gasteiger partial charge in [0.15, 0.2) is 0 Å². The third kappa shape index (κ3) is 4.46. The van der Waals surface area contributed by atoms with Crippen molar-refractivity contribution in [1.82, 2.24) is 15.3 Å². The lowest BCUT2D eigenvalue weighted by molar-refractivity contribution is 0.615. The molecule has 2 aliphatic rings. The quantitative estimate of drug-likeness (QED) is 0.441. The number of aryl methyl sites for hydroxylation is 1. The lowest BCUT2D eigenvalue weighted by Crippen LogP contribution is -2.22. The Balaban J connectivity index is 1.61. The van der Waals surface area contributed by atoms with E-state index in [0.29, 0.717) is 23.6 Å². The fourth-order valence-electron chi connectivity index (χ4n) is 4.61. The SMILES string of the molecule is CCC(Nc1nc(Nc2cc(C)cc(F)c2)nc2c(C3=CCNCC3)cccc12)C1CC1. The van der Waals surface area contributed by atoms with Gasteiger partial charge in [0, 0.05) is 29.2 Å². The highest BCUT2D eigenvalue weighted by Crippen LogP contribution is 2.37. The number of hydrogen-bond donors (Lipinski definition) is 3. The lowest BCUT2D eigenvalue weighted by Gasteiger charge is -2.21. The van der Waals surface area contributed by atoms with Crippen LogP contribution in [-0.2, 0) is 0 Å². The monoisotopic (exact) mass is 431 g/mol. The summed E-state index contributed by atoms with van der Waals surface area (Å²) in [6.07, 6.45) is 6.81. The van der Waals surface area contributed by atoms with Gasteiger partial charge in [0.2, 0.25) is 5.95 Å². The van der Waals surface area contributed by atoms with Gasteiger partial charge in [0.1, 0.15) is 11.6 Å². The topological polar surface area (TPSA) is 61.9 Å². The molecule has 1 aliphatic carbocycles. The maximum atomic E-state index is 14.0. The van der Waals surface area contributed by atoms with Crippen LogP contribution in [0.3, 0.4) is 0 Å². The van der Waals surface area contributed by atoms with Crippen molar-refractivity contribution < 1.29 is 4.39 Å². The molecule has 1 unspecified atom stereocenters. The molecule has 0 radical (unpaired) electrons. The van der Waals surface area contributed by atoms with Gasteiger partial charge in [-0.2, -0.15) is 4.98 Å². The molecular weight excluding hydrogens is 401 g/mol. The molecule has 0 saturated heterocycles. The molecule has 0 spiro atoms. The van der Waals surface area contributed by atoms with E-state index in [4.69, 9.17) is 9.97 Å². The first-order valence-corrected chi connectivity index (χ1v) is 11.6. The first-order valence-electron chi connectivity index (χ1n) is 11.6. The van der Waals surface area contributed by atoms with Crippen molar-refractivity contribution in [2.45, 2.75) is 45.6 Å². The van der Waals surface area contributed by atoms with Gasteiger partial charge in [-0.25, -0.2) is 9.37 Å². The number of fused-ring (bicyclic) bond motifs is 1. The highest BCUT2D eigenvalue weighted by atomic mass is 19.1. The number of aromatic nitrogens is 2. The predicted octanol–water partition coefficient (Wildman–Crippen LogP) is 5.80. The molecule has 1 aliphatic heterocycles. The van der Waals surface area contributed by atoms with Gasteiger partial charge in [-0.15, -0.1) is 0 Å². The molecule has 6 heteroatoms. The Hall–Kier alpha value is -2.99. The van der Waals surface area contributed by atoms with Crippen LogP contribution in [-0.4, -0.2) is 29.1 Å². The van der Waals surface area contributed by atoms with Crippen molar-refractivity contribution in [2.75, 3.05) is 23.7 Å². The summed E-state index contributed by atoms with van der Waals surface area (Å²) in [5, 5.41) is 11.4. The Labute approximate surface area is 188 Å². The van der Waals surface area contributed by atoms with E-state index in [-0.39, 0.29) is 5.82 Å². The Kier molecular flexibility index (Phi) is 5.79. The Bertz CT molecular complexity index is 1150. The van der Waals surface area contributed by atoms with Gasteiger partial charge in [0.25, 0.3) is 0 Å². The fourth-order valence-corrected chi connectivity index (χ4v) is 4.61. The second-order valence-electron chi connectivity index (χ2n) is 8.92. The summed E-state index contributed by atoms with van der Waals surface area (Å²) in [6.45, 7) is 5.94. The number of nitrogens with one attached hydrogen (secondary N) is 3. The van der Waals surface area contributed by atoms with Gasteiger partial charge in [-0.05, 0) is 80.5 Å². The highest BCUT2D eigenvalue weighted by Gasteiger charge is 2.30. The molecule has 166 valence electrons. The summed E-state index contributed by atoms with van der Waals surface area (Å²) < 4.78 is 14.0. The van der Waals surface area contributed by atoms with E-state index in [1.165, 1.54) is 30.5 Å². The minimum absolute atomic E-state index is 0.271. The first-order chi connectivity index (χ1) is 15.6. The summed E-state index contributed by atoms with van der Waals surface area (Å²) >= 11 is 0. The Morgan fingerprint density at radius 1 is 1.19 bits per heavy atom. The van der Waals surface area contributed by atoms with Crippen LogP contribution in [0.4, 0.5) is 21.8 Å². The summed E-state index contributed by atoms with van der Waals surface area (Å²) in [5.74, 6) is 1.77. The van der Waals surface area contributed by atoms with Crippen LogP contribution in [0, 0.1) is 18.7 Å². The van der Waals surface area contributed by atoms with Crippen molar-refractivity contribution in [1.29, 1.82) is 0 Å². The van der Waals surface area contributed by atoms with Crippen LogP contribution in [0.2, 0.25) is 0 Å². The lowest BCUT2D eigenvalue weighted by atomic mass is 9.97. The summed E-state index contributed by atoms with van der Waals surface area (Å²) in [4.78, 5) is 9.77. The van der Waals surface area contributed by atoms with Crippen molar-refractivity contribution in [2.24, 2.45) is 5.92 Å². The molecule has 3 aromatic rings. The van der Waals surface area contributed by atoms with Crippen LogP contribution in [0.1, 0.15) is 43.7 Å². The second kappa shape index (κ2) is 8.87. The zero-order valence-electron chi connectivity index (χ0n) is 18.7. The van der Waals surface area contributed by atoms with Gasteiger partial charge >= 0.3 is 0 Å². The zero-order chi connectivity index (χ0) is 22.1. The fraction of sp³-hybridized carbons (Fsp3) is 0.385. The van der Waals surface area contributed by atoms with E-state index in [2.05, 4.69) is 47.1 Å². The largest absolute Gasteiger partial charge is 0.366 e. The Morgan fingerprint density at radius 2 is 2.06 bits per heavy atom. The number of benzene rings is 2. The molecular formula is C26H30FN5. The maximum Gasteiger partial charge on any atom is 0.229 e. The number of anilines is 3. The molecule has 1 fully saturated rings. The third-order valence-corrected chi connectivity index (χ3v) is 6.39. The predicted molar refractivity (Wildman–Crippen MR) is 130 cm³/mol. The highest BCUT2D eigenvalue weighted by molar-refractivity contribution is 5.98. The van der Waals surface area contributed by atoms with E-state index in [0.717, 1.165) is 53.8 Å². The van der Waals surface area contributed by atoms with Gasteiger partial charge < -0.3 is 16.0 Å². The zero-order valence-corrected chi connectivity index (χ0v) is 18.7. The molecule has 5 nitrogen and oxygen atoms in total. The third-order valence-electron chi connectivity index (χ3n) is 6.39. The van der Waals surface area contributed by atoms with Gasteiger partial charge in [0.05, 0.1) is 5.52 Å². The first kappa shape index (κ1) is 20.9. The molecule has 1 saturated carbocycles. The van der Waals surface area contributed by atoms with E-state index >= 15 is 0 Å². The normalized spacial score (nSPS) is 17.2. The molecule has 0 bridgehead atoms. The van der Waals surface area contributed by atoms with Crippen LogP contribution in [0.5, 0.6) is 0 Å². The van der Waals surface area contributed by atoms with Crippen molar-refractivity contribution in [3.8, 4) is 0 Å². The van der Waals surface area contributed by atoms with Crippen LogP contribution >= 0.6 is 0 Å². The molecule has 2 aromatic carbocycles. The minimum Gasteiger partial charge on any atom is -0.366 e. The number of para-hydroxylation sites is 1. The number of hydrogen-bond acceptors (Lipinski definition) is 5. The van der Waals surface area contributed by atoms with E-state index in [9.17, 15) is 4.39 Å². The maximum absolute atomic E-state index is 14.0. The van der Waals surface area contributed by atoms with E-state index < -0.39 is 0 Å². The van der Waals surface area contributed by atoms with Gasteiger partial charge in [-0.3, -0.25) is 0 Å². The Morgan fingerprint density at radius 3 is 2.78 bits per heavy atom. The summed E-state index contributed by atoms with van der Waals surface area (Å²) in [6, 6.07) is 11.6. The molecule has 1 aromatic heterocycles. The molecule has 2 heterocycles. The molecule has 3 N–H and O–H groups in total. The van der Waals surface area contributed by atoms with Crippen molar-refractivity contribution in [3.05, 3.63) is 59.4 Å². The molecule has 32 heavy (non-hydrogen) atoms. The summed E-state index contributed by atoms with van der Waals surface area (Å²) in [5.41, 5.74) is 4.89. The molecule has 0 amide bonds. The second-order valence-corrected chi connectivity index (χ2v) is 8.92. The molecule has 1 atom stereocenters. The number of rotatable bonds is 7. The number of halogens is 1. The van der Waals surface area contributed by atoms with Crippen LogP contribution in [0.25, 0.3) is 16.5 Å². The van der Waals surface area contributed by atoms with E-state index in [1.54, 1.807) is 0 Å². The van der Waals surface area contributed by atoms with Crippen LogP contribution < -0.4 is 16.0 Å². The number of nitrogens with zero attached hydrogens (tertiary/aromatic N) is 2. The average molecular weight is 432 g/mol. The summed E-state index contributed by atoms with van der Waals surface area (Å²) in [7, 11) is 0. The standard InChI is InChI=1S/C26H30FN5/c1-3-23(18-7-8-18)30-25-22-6-4-5-21(17-9-11-28-12-10-17)24(22)31-26(32-25)29-20-14-16(2)13-19(27)15-20/h4-6,9,13-15,18,23,28H,3,7-8,10-12H2,1-2H3,(H2,29,30,31,32). The van der Waals surface area contributed by atoms with Gasteiger partial charge in [-0.1, -0.05) is 25.1 Å². The van der Waals surface area contributed by atoms with E-state index in [1.807, 2.05) is 13.0 Å². The van der Waals surface area contributed by atoms with Crippen molar-refractivity contribution >= 4 is 33.9 Å². The smallest absolute Gasteiger partial charge is 0.229 e. The minimum atomic E-state index is -0.271.